The summed E-state index contributed by atoms with van der Waals surface area (Å²) < 4.78 is 5.81. The molecule has 0 fully saturated rings. The minimum atomic E-state index is 0.670. The maximum Gasteiger partial charge on any atom is 0.128 e. The molecule has 180 valence electrons. The van der Waals surface area contributed by atoms with Crippen LogP contribution in [0.2, 0.25) is 10.0 Å². The van der Waals surface area contributed by atoms with Crippen molar-refractivity contribution >= 4 is 67.7 Å². The first-order valence-corrected chi connectivity index (χ1v) is 13.8. The van der Waals surface area contributed by atoms with E-state index in [1.807, 2.05) is 36.4 Å². The van der Waals surface area contributed by atoms with Gasteiger partial charge >= 0.3 is 0 Å². The number of benzene rings is 3. The Kier molecular flexibility index (Phi) is 6.42. The van der Waals surface area contributed by atoms with Gasteiger partial charge in [0.15, 0.2) is 0 Å². The Bertz CT molecular complexity index is 1580. The molecule has 7 heteroatoms. The van der Waals surface area contributed by atoms with Crippen molar-refractivity contribution in [2.24, 2.45) is 0 Å². The van der Waals surface area contributed by atoms with Gasteiger partial charge in [-0.1, -0.05) is 75.6 Å². The number of nitrogens with zero attached hydrogens (tertiary/aromatic N) is 2. The number of hydrogen-bond acceptors (Lipinski definition) is 1. The van der Waals surface area contributed by atoms with Crippen molar-refractivity contribution in [1.29, 1.82) is 0 Å². The molecule has 0 saturated carbocycles. The molecule has 0 aliphatic carbocycles. The Morgan fingerprint density at radius 1 is 0.833 bits per heavy atom. The number of anilines is 1. The van der Waals surface area contributed by atoms with Crippen LogP contribution >= 0.6 is 51.3 Å². The monoisotopic (exact) mass is 593 g/mol. The molecule has 3 heterocycles. The predicted molar refractivity (Wildman–Crippen MR) is 159 cm³/mol. The Labute approximate surface area is 233 Å². The molecule has 1 N–H and O–H groups in total. The van der Waals surface area contributed by atoms with Gasteiger partial charge < -0.3 is 9.88 Å². The second-order valence-electron chi connectivity index (χ2n) is 8.99. The number of thiocarbonyl (C=S) groups is 1. The van der Waals surface area contributed by atoms with E-state index in [0.717, 1.165) is 52.2 Å². The fraction of sp³-hybridized carbons (Fsp3) is 0.138. The van der Waals surface area contributed by atoms with Crippen LogP contribution in [-0.2, 0) is 13.0 Å². The van der Waals surface area contributed by atoms with Crippen LogP contribution in [0.25, 0.3) is 28.0 Å². The highest BCUT2D eigenvalue weighted by Crippen LogP contribution is 2.40. The van der Waals surface area contributed by atoms with E-state index in [1.165, 1.54) is 28.0 Å². The van der Waals surface area contributed by atoms with E-state index < -0.39 is 0 Å². The Morgan fingerprint density at radius 3 is 2.17 bits per heavy atom. The number of imidazole rings is 1. The number of nitrogens with one attached hydrogen (secondary N) is 1. The van der Waals surface area contributed by atoms with Gasteiger partial charge in [-0.25, -0.2) is 0 Å². The van der Waals surface area contributed by atoms with Gasteiger partial charge in [-0.05, 0) is 78.9 Å². The molecule has 6 rings (SSSR count). The quantitative estimate of drug-likeness (QED) is 0.209. The normalized spacial score (nSPS) is 13.1. The highest BCUT2D eigenvalue weighted by molar-refractivity contribution is 9.10. The molecule has 0 radical (unpaired) electrons. The summed E-state index contributed by atoms with van der Waals surface area (Å²) >= 11 is 22.0. The molecule has 2 aromatic heterocycles. The van der Waals surface area contributed by atoms with Crippen LogP contribution in [0.3, 0.4) is 0 Å². The van der Waals surface area contributed by atoms with Crippen molar-refractivity contribution < 1.29 is 0 Å². The molecule has 0 spiro atoms. The van der Waals surface area contributed by atoms with Crippen LogP contribution in [-0.4, -0.2) is 14.0 Å². The van der Waals surface area contributed by atoms with Crippen LogP contribution in [0.1, 0.15) is 24.1 Å². The lowest BCUT2D eigenvalue weighted by Crippen LogP contribution is -2.14. The molecule has 1 aliphatic heterocycles. The molecule has 0 amide bonds. The highest BCUT2D eigenvalue weighted by Gasteiger charge is 2.28. The van der Waals surface area contributed by atoms with Crippen LogP contribution in [0, 0.1) is 0 Å². The summed E-state index contributed by atoms with van der Waals surface area (Å²) in [5, 5.41) is 4.87. The number of hydrogen-bond donors (Lipinski definition) is 1. The second kappa shape index (κ2) is 9.71. The van der Waals surface area contributed by atoms with Crippen LogP contribution in [0.4, 0.5) is 5.69 Å². The van der Waals surface area contributed by atoms with Crippen LogP contribution in [0.15, 0.2) is 83.5 Å². The van der Waals surface area contributed by atoms with E-state index in [2.05, 4.69) is 72.8 Å². The number of aryl methyl sites for hydroxylation is 2. The summed E-state index contributed by atoms with van der Waals surface area (Å²) in [7, 11) is 0. The zero-order chi connectivity index (χ0) is 24.8. The first-order valence-electron chi connectivity index (χ1n) is 11.8. The standard InChI is InChI=1S/C29H22BrCl2N3S/c30-20-8-4-18(5-9-20)25-17-35-27(28(36)33-23-14-12-22(32)13-15-23)26(19-6-10-21(31)11-7-19)24-3-1-2-16-34(25)29(24)35/h4-15,17H,1-3,16H2,(H,33,36). The molecule has 36 heavy (non-hydrogen) atoms. The van der Waals surface area contributed by atoms with Gasteiger partial charge in [-0.3, -0.25) is 4.40 Å². The van der Waals surface area contributed by atoms with Crippen molar-refractivity contribution in [3.63, 3.8) is 0 Å². The van der Waals surface area contributed by atoms with Crippen LogP contribution in [0.5, 0.6) is 0 Å². The third-order valence-electron chi connectivity index (χ3n) is 6.72. The molecule has 5 aromatic rings. The summed E-state index contributed by atoms with van der Waals surface area (Å²) in [4.78, 5) is 0.670. The van der Waals surface area contributed by atoms with E-state index in [9.17, 15) is 0 Å². The van der Waals surface area contributed by atoms with E-state index >= 15 is 0 Å². The van der Waals surface area contributed by atoms with Gasteiger partial charge in [-0.15, -0.1) is 0 Å². The molecule has 3 aromatic carbocycles. The molecular formula is C29H22BrCl2N3S. The van der Waals surface area contributed by atoms with Gasteiger partial charge in [0.05, 0.1) is 11.4 Å². The summed E-state index contributed by atoms with van der Waals surface area (Å²) in [6.45, 7) is 0.968. The first kappa shape index (κ1) is 23.8. The van der Waals surface area contributed by atoms with Crippen molar-refractivity contribution in [3.05, 3.63) is 105 Å². The van der Waals surface area contributed by atoms with E-state index in [4.69, 9.17) is 35.4 Å². The van der Waals surface area contributed by atoms with Crippen LogP contribution < -0.4 is 5.32 Å². The Morgan fingerprint density at radius 2 is 1.47 bits per heavy atom. The lowest BCUT2D eigenvalue weighted by atomic mass is 9.98. The van der Waals surface area contributed by atoms with Gasteiger partial charge in [0, 0.05) is 44.1 Å². The maximum atomic E-state index is 6.25. The molecule has 1 aliphatic rings. The highest BCUT2D eigenvalue weighted by atomic mass is 79.9. The van der Waals surface area contributed by atoms with Crippen molar-refractivity contribution in [2.75, 3.05) is 5.32 Å². The predicted octanol–water partition coefficient (Wildman–Crippen LogP) is 9.27. The molecule has 0 bridgehead atoms. The average molecular weight is 595 g/mol. The number of aromatic nitrogens is 2. The summed E-state index contributed by atoms with van der Waals surface area (Å²) in [5.41, 5.74) is 9.11. The molecule has 0 atom stereocenters. The second-order valence-corrected chi connectivity index (χ2v) is 11.2. The van der Waals surface area contributed by atoms with Crippen molar-refractivity contribution in [1.82, 2.24) is 8.97 Å². The topological polar surface area (TPSA) is 21.4 Å². The maximum absolute atomic E-state index is 6.25. The SMILES string of the molecule is S=C(Nc1ccc(Cl)cc1)c1c(-c2ccc(Cl)cc2)c2c3n(c(-c4ccc(Br)cc4)cn13)CCCC2. The zero-order valence-corrected chi connectivity index (χ0v) is 23.2. The first-order chi connectivity index (χ1) is 17.5. The molecule has 0 saturated heterocycles. The lowest BCUT2D eigenvalue weighted by Gasteiger charge is -2.12. The Balaban J connectivity index is 1.60. The fourth-order valence-corrected chi connectivity index (χ4v) is 5.95. The fourth-order valence-electron chi connectivity index (χ4n) is 5.11. The van der Waals surface area contributed by atoms with Gasteiger partial charge in [0.1, 0.15) is 10.6 Å². The van der Waals surface area contributed by atoms with Crippen molar-refractivity contribution in [2.45, 2.75) is 25.8 Å². The van der Waals surface area contributed by atoms with Gasteiger partial charge in [0.25, 0.3) is 0 Å². The van der Waals surface area contributed by atoms with Gasteiger partial charge in [-0.2, -0.15) is 0 Å². The Hall–Kier alpha value is -2.57. The molecule has 0 unspecified atom stereocenters. The van der Waals surface area contributed by atoms with E-state index in [-0.39, 0.29) is 0 Å². The molecular weight excluding hydrogens is 573 g/mol. The third-order valence-corrected chi connectivity index (χ3v) is 8.05. The smallest absolute Gasteiger partial charge is 0.128 e. The molecule has 3 nitrogen and oxygen atoms in total. The summed E-state index contributed by atoms with van der Waals surface area (Å²) in [6, 6.07) is 24.2. The zero-order valence-electron chi connectivity index (χ0n) is 19.3. The van der Waals surface area contributed by atoms with Crippen molar-refractivity contribution in [3.8, 4) is 22.4 Å². The van der Waals surface area contributed by atoms with E-state index in [1.54, 1.807) is 0 Å². The average Bonchev–Trinajstić information content (AvgIpc) is 3.29. The summed E-state index contributed by atoms with van der Waals surface area (Å²) in [6.07, 6.45) is 5.48. The lowest BCUT2D eigenvalue weighted by molar-refractivity contribution is 0.647. The number of rotatable bonds is 4. The third kappa shape index (κ3) is 4.28. The minimum absolute atomic E-state index is 0.670. The number of halogens is 3. The summed E-state index contributed by atoms with van der Waals surface area (Å²) in [5.74, 6) is 0. The minimum Gasteiger partial charge on any atom is -0.345 e. The van der Waals surface area contributed by atoms with E-state index in [0.29, 0.717) is 10.0 Å². The largest absolute Gasteiger partial charge is 0.345 e. The van der Waals surface area contributed by atoms with Gasteiger partial charge in [0.2, 0.25) is 0 Å².